The van der Waals surface area contributed by atoms with E-state index < -0.39 is 5.54 Å². The number of nitrogens with zero attached hydrogens (tertiary/aromatic N) is 2. The number of rotatable bonds is 5. The largest absolute Gasteiger partial charge is 0.342 e. The van der Waals surface area contributed by atoms with Crippen molar-refractivity contribution in [2.45, 2.75) is 52.0 Å². The fourth-order valence-electron chi connectivity index (χ4n) is 2.99. The Morgan fingerprint density at radius 1 is 1.25 bits per heavy atom. The lowest BCUT2D eigenvalue weighted by Gasteiger charge is -2.39. The van der Waals surface area contributed by atoms with Crippen molar-refractivity contribution in [3.8, 4) is 0 Å². The molecule has 1 aliphatic carbocycles. The van der Waals surface area contributed by atoms with Gasteiger partial charge in [0.2, 0.25) is 11.8 Å². The van der Waals surface area contributed by atoms with Gasteiger partial charge in [-0.1, -0.05) is 12.8 Å². The highest BCUT2D eigenvalue weighted by Crippen LogP contribution is 2.32. The maximum atomic E-state index is 12.5. The summed E-state index contributed by atoms with van der Waals surface area (Å²) in [5.74, 6) is -0.152. The Labute approximate surface area is 122 Å². The molecule has 0 saturated heterocycles. The molecule has 0 radical (unpaired) electrons. The van der Waals surface area contributed by atoms with Crippen molar-refractivity contribution in [3.63, 3.8) is 0 Å². The standard InChI is InChI=1S/C15H29N3O2/c1-5-18(6-2)13(19)11-17(4)14(20)12-9-7-8-10-15(12,3)16/h12H,5-11,16H2,1-4H3. The number of carbonyl (C=O) groups is 2. The highest BCUT2D eigenvalue weighted by atomic mass is 16.2. The van der Waals surface area contributed by atoms with Gasteiger partial charge in [-0.25, -0.2) is 0 Å². The van der Waals surface area contributed by atoms with Crippen LogP contribution in [-0.4, -0.2) is 53.8 Å². The second-order valence-corrected chi connectivity index (χ2v) is 6.06. The third-order valence-electron chi connectivity index (χ3n) is 4.42. The molecular formula is C15H29N3O2. The van der Waals surface area contributed by atoms with E-state index in [0.717, 1.165) is 25.7 Å². The summed E-state index contributed by atoms with van der Waals surface area (Å²) in [6.07, 6.45) is 3.83. The Bertz CT molecular complexity index is 351. The monoisotopic (exact) mass is 283 g/mol. The lowest BCUT2D eigenvalue weighted by molar-refractivity contribution is -0.143. The molecule has 0 aromatic heterocycles. The molecule has 116 valence electrons. The minimum absolute atomic E-state index is 0.000355. The maximum Gasteiger partial charge on any atom is 0.242 e. The molecule has 5 heteroatoms. The number of hydrogen-bond donors (Lipinski definition) is 1. The van der Waals surface area contributed by atoms with Gasteiger partial charge in [0.15, 0.2) is 0 Å². The first-order valence-electron chi connectivity index (χ1n) is 7.65. The van der Waals surface area contributed by atoms with E-state index >= 15 is 0 Å². The molecule has 1 saturated carbocycles. The predicted molar refractivity (Wildman–Crippen MR) is 80.1 cm³/mol. The van der Waals surface area contributed by atoms with Gasteiger partial charge >= 0.3 is 0 Å². The summed E-state index contributed by atoms with van der Waals surface area (Å²) in [7, 11) is 1.70. The predicted octanol–water partition coefficient (Wildman–Crippen LogP) is 1.22. The summed E-state index contributed by atoms with van der Waals surface area (Å²) < 4.78 is 0. The van der Waals surface area contributed by atoms with Crippen LogP contribution in [0.15, 0.2) is 0 Å². The summed E-state index contributed by atoms with van der Waals surface area (Å²) in [4.78, 5) is 27.9. The Balaban J connectivity index is 2.64. The summed E-state index contributed by atoms with van der Waals surface area (Å²) in [6, 6.07) is 0. The third kappa shape index (κ3) is 3.95. The molecule has 2 N–H and O–H groups in total. The molecule has 0 aromatic carbocycles. The molecule has 0 spiro atoms. The van der Waals surface area contributed by atoms with Crippen molar-refractivity contribution in [1.82, 2.24) is 9.80 Å². The van der Waals surface area contributed by atoms with Gasteiger partial charge in [-0.3, -0.25) is 9.59 Å². The van der Waals surface area contributed by atoms with Gasteiger partial charge in [0, 0.05) is 25.7 Å². The number of nitrogens with two attached hydrogens (primary N) is 1. The van der Waals surface area contributed by atoms with E-state index in [1.807, 2.05) is 20.8 Å². The molecule has 0 bridgehead atoms. The van der Waals surface area contributed by atoms with E-state index in [2.05, 4.69) is 0 Å². The Kier molecular flexibility index (Phi) is 5.99. The van der Waals surface area contributed by atoms with Crippen LogP contribution in [0.25, 0.3) is 0 Å². The van der Waals surface area contributed by atoms with E-state index in [4.69, 9.17) is 5.73 Å². The van der Waals surface area contributed by atoms with Crippen LogP contribution < -0.4 is 5.73 Å². The molecule has 5 nitrogen and oxygen atoms in total. The first-order valence-corrected chi connectivity index (χ1v) is 7.65. The van der Waals surface area contributed by atoms with Crippen molar-refractivity contribution >= 4 is 11.8 Å². The van der Waals surface area contributed by atoms with E-state index in [1.165, 1.54) is 0 Å². The average Bonchev–Trinajstić information content (AvgIpc) is 2.38. The highest BCUT2D eigenvalue weighted by molar-refractivity contribution is 5.86. The van der Waals surface area contributed by atoms with Crippen molar-refractivity contribution in [2.24, 2.45) is 11.7 Å². The fourth-order valence-corrected chi connectivity index (χ4v) is 2.99. The quantitative estimate of drug-likeness (QED) is 0.825. The van der Waals surface area contributed by atoms with Crippen LogP contribution in [-0.2, 0) is 9.59 Å². The zero-order chi connectivity index (χ0) is 15.3. The molecule has 0 heterocycles. The molecule has 2 amide bonds. The zero-order valence-electron chi connectivity index (χ0n) is 13.3. The van der Waals surface area contributed by atoms with E-state index in [-0.39, 0.29) is 24.3 Å². The van der Waals surface area contributed by atoms with Crippen molar-refractivity contribution in [2.75, 3.05) is 26.7 Å². The molecule has 1 fully saturated rings. The van der Waals surface area contributed by atoms with Crippen molar-refractivity contribution in [3.05, 3.63) is 0 Å². The van der Waals surface area contributed by atoms with Crippen LogP contribution in [0.3, 0.4) is 0 Å². The van der Waals surface area contributed by atoms with Crippen LogP contribution in [0, 0.1) is 5.92 Å². The summed E-state index contributed by atoms with van der Waals surface area (Å²) in [5, 5.41) is 0. The highest BCUT2D eigenvalue weighted by Gasteiger charge is 2.39. The first kappa shape index (κ1) is 17.0. The second kappa shape index (κ2) is 7.07. The number of hydrogen-bond acceptors (Lipinski definition) is 3. The molecule has 1 aliphatic rings. The lowest BCUT2D eigenvalue weighted by atomic mass is 9.74. The molecular weight excluding hydrogens is 254 g/mol. The molecule has 20 heavy (non-hydrogen) atoms. The molecule has 2 unspecified atom stereocenters. The Morgan fingerprint density at radius 3 is 2.35 bits per heavy atom. The first-order chi connectivity index (χ1) is 9.33. The van der Waals surface area contributed by atoms with E-state index in [1.54, 1.807) is 16.8 Å². The van der Waals surface area contributed by atoms with E-state index in [9.17, 15) is 9.59 Å². The van der Waals surface area contributed by atoms with Gasteiger partial charge in [0.05, 0.1) is 12.5 Å². The van der Waals surface area contributed by atoms with Gasteiger partial charge in [-0.2, -0.15) is 0 Å². The molecule has 0 aliphatic heterocycles. The van der Waals surface area contributed by atoms with Crippen LogP contribution in [0.5, 0.6) is 0 Å². The number of likely N-dealkylation sites (N-methyl/N-ethyl adjacent to an activating group) is 2. The SMILES string of the molecule is CCN(CC)C(=O)CN(C)C(=O)C1CCCCC1(C)N. The summed E-state index contributed by atoms with van der Waals surface area (Å²) >= 11 is 0. The molecule has 2 atom stereocenters. The van der Waals surface area contributed by atoms with Crippen LogP contribution in [0.2, 0.25) is 0 Å². The Morgan fingerprint density at radius 2 is 1.85 bits per heavy atom. The van der Waals surface area contributed by atoms with Gasteiger partial charge in [0.25, 0.3) is 0 Å². The normalized spacial score (nSPS) is 26.1. The summed E-state index contributed by atoms with van der Waals surface area (Å²) in [6.45, 7) is 7.34. The van der Waals surface area contributed by atoms with E-state index in [0.29, 0.717) is 13.1 Å². The van der Waals surface area contributed by atoms with Gasteiger partial charge in [-0.15, -0.1) is 0 Å². The minimum atomic E-state index is -0.443. The average molecular weight is 283 g/mol. The van der Waals surface area contributed by atoms with Crippen molar-refractivity contribution in [1.29, 1.82) is 0 Å². The van der Waals surface area contributed by atoms with Gasteiger partial charge < -0.3 is 15.5 Å². The number of carbonyl (C=O) groups excluding carboxylic acids is 2. The van der Waals surface area contributed by atoms with Crippen LogP contribution >= 0.6 is 0 Å². The molecule has 0 aromatic rings. The lowest BCUT2D eigenvalue weighted by Crippen LogP contribution is -2.54. The minimum Gasteiger partial charge on any atom is -0.342 e. The van der Waals surface area contributed by atoms with Crippen LogP contribution in [0.1, 0.15) is 46.5 Å². The fraction of sp³-hybridized carbons (Fsp3) is 0.867. The Hall–Kier alpha value is -1.10. The third-order valence-corrected chi connectivity index (χ3v) is 4.42. The maximum absolute atomic E-state index is 12.5. The number of amides is 2. The second-order valence-electron chi connectivity index (χ2n) is 6.06. The molecule has 1 rings (SSSR count). The smallest absolute Gasteiger partial charge is 0.242 e. The zero-order valence-corrected chi connectivity index (χ0v) is 13.3. The van der Waals surface area contributed by atoms with Gasteiger partial charge in [-0.05, 0) is 33.6 Å². The topological polar surface area (TPSA) is 66.6 Å². The summed E-state index contributed by atoms with van der Waals surface area (Å²) in [5.41, 5.74) is 5.82. The van der Waals surface area contributed by atoms with Crippen LogP contribution in [0.4, 0.5) is 0 Å². The van der Waals surface area contributed by atoms with Gasteiger partial charge in [0.1, 0.15) is 0 Å². The van der Waals surface area contributed by atoms with Crippen molar-refractivity contribution < 1.29 is 9.59 Å².